The van der Waals surface area contributed by atoms with Crippen LogP contribution in [0, 0.1) is 0 Å². The van der Waals surface area contributed by atoms with Crippen LogP contribution in [0.25, 0.3) is 0 Å². The van der Waals surface area contributed by atoms with Crippen molar-refractivity contribution in [3.63, 3.8) is 0 Å². The van der Waals surface area contributed by atoms with E-state index in [1.807, 2.05) is 30.1 Å². The maximum atomic E-state index is 11.7. The van der Waals surface area contributed by atoms with Crippen LogP contribution in [0.15, 0.2) is 29.0 Å². The molecule has 1 amide bonds. The number of rotatable bonds is 2. The maximum Gasteiger partial charge on any atom is 0.262 e. The van der Waals surface area contributed by atoms with E-state index in [0.29, 0.717) is 19.6 Å². The van der Waals surface area contributed by atoms with Gasteiger partial charge in [-0.25, -0.2) is 5.01 Å². The normalized spacial score (nSPS) is 20.0. The highest BCUT2D eigenvalue weighted by molar-refractivity contribution is 6.00. The first kappa shape index (κ1) is 9.92. The van der Waals surface area contributed by atoms with E-state index in [4.69, 9.17) is 5.73 Å². The van der Waals surface area contributed by atoms with E-state index < -0.39 is 0 Å². The van der Waals surface area contributed by atoms with Crippen molar-refractivity contribution in [2.45, 2.75) is 6.92 Å². The minimum absolute atomic E-state index is 0.00718. The summed E-state index contributed by atoms with van der Waals surface area (Å²) < 4.78 is 0. The molecular weight excluding hydrogens is 192 g/mol. The van der Waals surface area contributed by atoms with E-state index in [9.17, 15) is 4.79 Å². The zero-order valence-corrected chi connectivity index (χ0v) is 8.68. The van der Waals surface area contributed by atoms with Crippen LogP contribution in [-0.4, -0.2) is 41.3 Å². The van der Waals surface area contributed by atoms with Gasteiger partial charge in [-0.05, 0) is 19.1 Å². The predicted molar refractivity (Wildman–Crippen MR) is 57.8 cm³/mol. The van der Waals surface area contributed by atoms with Crippen LogP contribution in [0.1, 0.15) is 6.92 Å². The second-order valence-corrected chi connectivity index (χ2v) is 3.52. The van der Waals surface area contributed by atoms with Crippen LogP contribution in [0.4, 0.5) is 0 Å². The molecule has 2 aliphatic heterocycles. The van der Waals surface area contributed by atoms with Crippen LogP contribution in [0.5, 0.6) is 0 Å². The summed E-state index contributed by atoms with van der Waals surface area (Å²) in [5, 5.41) is 5.68. The summed E-state index contributed by atoms with van der Waals surface area (Å²) in [6.07, 6.45) is 5.79. The number of amides is 1. The summed E-state index contributed by atoms with van der Waals surface area (Å²) in [6.45, 7) is 3.23. The fraction of sp³-hybridized carbons (Fsp3) is 0.400. The maximum absolute atomic E-state index is 11.7. The van der Waals surface area contributed by atoms with Gasteiger partial charge in [-0.1, -0.05) is 6.08 Å². The second-order valence-electron chi connectivity index (χ2n) is 3.52. The molecule has 2 aliphatic rings. The number of carbonyl (C=O) groups excluding carboxylic acids is 1. The number of amidine groups is 1. The van der Waals surface area contributed by atoms with E-state index in [-0.39, 0.29) is 5.91 Å². The van der Waals surface area contributed by atoms with E-state index >= 15 is 0 Å². The highest BCUT2D eigenvalue weighted by Gasteiger charge is 2.26. The zero-order chi connectivity index (χ0) is 10.8. The Labute approximate surface area is 88.5 Å². The third-order valence-corrected chi connectivity index (χ3v) is 2.43. The van der Waals surface area contributed by atoms with Crippen molar-refractivity contribution in [1.29, 1.82) is 0 Å². The fourth-order valence-electron chi connectivity index (χ4n) is 1.62. The molecule has 2 heterocycles. The summed E-state index contributed by atoms with van der Waals surface area (Å²) in [6, 6.07) is 0. The van der Waals surface area contributed by atoms with Gasteiger partial charge in [0.15, 0.2) is 5.84 Å². The average Bonchev–Trinajstić information content (AvgIpc) is 2.21. The van der Waals surface area contributed by atoms with Crippen molar-refractivity contribution in [3.8, 4) is 0 Å². The van der Waals surface area contributed by atoms with Crippen molar-refractivity contribution < 1.29 is 4.79 Å². The van der Waals surface area contributed by atoms with E-state index in [1.54, 1.807) is 0 Å². The van der Waals surface area contributed by atoms with Gasteiger partial charge in [0, 0.05) is 12.2 Å². The largest absolute Gasteiger partial charge is 0.329 e. The molecule has 0 saturated heterocycles. The Kier molecular flexibility index (Phi) is 2.55. The molecule has 0 aliphatic carbocycles. The van der Waals surface area contributed by atoms with Crippen molar-refractivity contribution in [2.75, 3.05) is 19.6 Å². The molecule has 2 rings (SSSR count). The van der Waals surface area contributed by atoms with Crippen LogP contribution in [0.3, 0.4) is 0 Å². The Morgan fingerprint density at radius 1 is 1.60 bits per heavy atom. The van der Waals surface area contributed by atoms with Gasteiger partial charge in [-0.3, -0.25) is 4.79 Å². The smallest absolute Gasteiger partial charge is 0.262 e. The lowest BCUT2D eigenvalue weighted by Gasteiger charge is -2.33. The number of hydrogen-bond acceptors (Lipinski definition) is 4. The Balaban J connectivity index is 2.26. The Morgan fingerprint density at radius 3 is 3.13 bits per heavy atom. The Hall–Kier alpha value is -1.62. The quantitative estimate of drug-likeness (QED) is 0.685. The summed E-state index contributed by atoms with van der Waals surface area (Å²) in [4.78, 5) is 13.6. The average molecular weight is 206 g/mol. The molecular formula is C10H14N4O. The zero-order valence-electron chi connectivity index (χ0n) is 8.68. The summed E-state index contributed by atoms with van der Waals surface area (Å²) >= 11 is 0. The molecule has 0 aromatic heterocycles. The predicted octanol–water partition coefficient (Wildman–Crippen LogP) is -0.124. The van der Waals surface area contributed by atoms with Crippen molar-refractivity contribution >= 4 is 11.7 Å². The van der Waals surface area contributed by atoms with Crippen LogP contribution in [-0.2, 0) is 4.79 Å². The van der Waals surface area contributed by atoms with Gasteiger partial charge in [0.2, 0.25) is 0 Å². The molecule has 0 radical (unpaired) electrons. The van der Waals surface area contributed by atoms with Crippen molar-refractivity contribution in [1.82, 2.24) is 9.91 Å². The number of hydrazone groups is 1. The molecule has 0 aromatic carbocycles. The molecule has 80 valence electrons. The lowest BCUT2D eigenvalue weighted by atomic mass is 10.2. The van der Waals surface area contributed by atoms with Gasteiger partial charge >= 0.3 is 0 Å². The first-order valence-corrected chi connectivity index (χ1v) is 4.94. The minimum Gasteiger partial charge on any atom is -0.329 e. The second kappa shape index (κ2) is 3.86. The lowest BCUT2D eigenvalue weighted by molar-refractivity contribution is -0.132. The molecule has 0 aromatic rings. The topological polar surface area (TPSA) is 61.9 Å². The number of nitrogens with zero attached hydrogens (tertiary/aromatic N) is 3. The van der Waals surface area contributed by atoms with Gasteiger partial charge in [0.1, 0.15) is 6.54 Å². The first-order valence-electron chi connectivity index (χ1n) is 4.94. The molecule has 15 heavy (non-hydrogen) atoms. The van der Waals surface area contributed by atoms with Crippen LogP contribution >= 0.6 is 0 Å². The standard InChI is InChI=1S/C10H14N4O/c1-8-3-2-4-9-12-14(6-5-11)10(15)7-13(8)9/h2-4H,5-7,11H2,1H3. The Morgan fingerprint density at radius 2 is 2.40 bits per heavy atom. The molecule has 0 unspecified atom stereocenters. The van der Waals surface area contributed by atoms with Crippen LogP contribution < -0.4 is 5.73 Å². The number of fused-ring (bicyclic) bond motifs is 1. The van der Waals surface area contributed by atoms with E-state index in [1.165, 1.54) is 5.01 Å². The summed E-state index contributed by atoms with van der Waals surface area (Å²) in [5.41, 5.74) is 6.45. The fourth-order valence-corrected chi connectivity index (χ4v) is 1.62. The Bertz CT molecular complexity index is 370. The molecule has 5 nitrogen and oxygen atoms in total. The molecule has 0 fully saturated rings. The summed E-state index contributed by atoms with van der Waals surface area (Å²) in [5.74, 6) is 0.801. The molecule has 2 N–H and O–H groups in total. The molecule has 0 atom stereocenters. The third-order valence-electron chi connectivity index (χ3n) is 2.43. The van der Waals surface area contributed by atoms with Crippen molar-refractivity contribution in [2.24, 2.45) is 10.8 Å². The molecule has 0 saturated carbocycles. The lowest BCUT2D eigenvalue weighted by Crippen LogP contribution is -2.47. The van der Waals surface area contributed by atoms with Gasteiger partial charge < -0.3 is 10.6 Å². The van der Waals surface area contributed by atoms with Gasteiger partial charge in [0.05, 0.1) is 6.54 Å². The number of nitrogens with two attached hydrogens (primary N) is 1. The van der Waals surface area contributed by atoms with Gasteiger partial charge in [-0.15, -0.1) is 0 Å². The minimum atomic E-state index is -0.00718. The highest BCUT2D eigenvalue weighted by atomic mass is 16.2. The number of carbonyl (C=O) groups is 1. The van der Waals surface area contributed by atoms with E-state index in [0.717, 1.165) is 11.5 Å². The number of hydrogen-bond donors (Lipinski definition) is 1. The third kappa shape index (κ3) is 1.78. The molecule has 0 bridgehead atoms. The SMILES string of the molecule is CC1=CC=CC2=NN(CCN)C(=O)CN12. The van der Waals surface area contributed by atoms with Gasteiger partial charge in [0.25, 0.3) is 5.91 Å². The van der Waals surface area contributed by atoms with Crippen LogP contribution in [0.2, 0.25) is 0 Å². The van der Waals surface area contributed by atoms with E-state index in [2.05, 4.69) is 5.10 Å². The molecule has 0 spiro atoms. The van der Waals surface area contributed by atoms with Crippen molar-refractivity contribution in [3.05, 3.63) is 23.9 Å². The molecule has 5 heteroatoms. The highest BCUT2D eigenvalue weighted by Crippen LogP contribution is 2.16. The first-order chi connectivity index (χ1) is 7.22. The van der Waals surface area contributed by atoms with Gasteiger partial charge in [-0.2, -0.15) is 5.10 Å². The monoisotopic (exact) mass is 206 g/mol. The number of allylic oxidation sites excluding steroid dienone is 3. The summed E-state index contributed by atoms with van der Waals surface area (Å²) in [7, 11) is 0.